The first kappa shape index (κ1) is 16.8. The van der Waals surface area contributed by atoms with Crippen molar-refractivity contribution < 1.29 is 15.3 Å². The topological polar surface area (TPSA) is 63.9 Å². The van der Waals surface area contributed by atoms with Crippen molar-refractivity contribution in [2.45, 2.75) is 25.3 Å². The largest absolute Gasteiger partial charge is 0.504 e. The lowest BCUT2D eigenvalue weighted by Crippen LogP contribution is -2.50. The Hall–Kier alpha value is -1.05. The summed E-state index contributed by atoms with van der Waals surface area (Å²) >= 11 is 2.18. The third kappa shape index (κ3) is 3.41. The van der Waals surface area contributed by atoms with Crippen molar-refractivity contribution in [3.05, 3.63) is 45.6 Å². The first-order valence-electron chi connectivity index (χ1n) is 7.91. The number of aliphatic hydroxyl groups excluding tert-OH is 1. The molecule has 0 radical (unpaired) electrons. The summed E-state index contributed by atoms with van der Waals surface area (Å²) in [6, 6.07) is 3.43. The summed E-state index contributed by atoms with van der Waals surface area (Å²) in [5, 5.41) is 29.2. The van der Waals surface area contributed by atoms with Gasteiger partial charge in [0.15, 0.2) is 11.5 Å². The van der Waals surface area contributed by atoms with Gasteiger partial charge in [0.2, 0.25) is 0 Å². The van der Waals surface area contributed by atoms with Crippen LogP contribution in [-0.2, 0) is 6.42 Å². The summed E-state index contributed by atoms with van der Waals surface area (Å²) in [5.41, 5.74) is 2.18. The lowest BCUT2D eigenvalue weighted by Gasteiger charge is -2.45. The number of phenols is 2. The maximum atomic E-state index is 9.80. The molecule has 1 aromatic rings. The van der Waals surface area contributed by atoms with E-state index in [1.54, 1.807) is 12.1 Å². The fourth-order valence-corrected chi connectivity index (χ4v) is 4.51. The predicted molar refractivity (Wildman–Crippen MR) is 98.3 cm³/mol. The summed E-state index contributed by atoms with van der Waals surface area (Å²) in [5.74, 6) is 0.778. The molecule has 0 bridgehead atoms. The second kappa shape index (κ2) is 6.83. The van der Waals surface area contributed by atoms with Gasteiger partial charge in [-0.3, -0.25) is 4.90 Å². The molecule has 1 fully saturated rings. The van der Waals surface area contributed by atoms with E-state index in [1.807, 2.05) is 0 Å². The van der Waals surface area contributed by atoms with Crippen LogP contribution >= 0.6 is 22.6 Å². The van der Waals surface area contributed by atoms with Gasteiger partial charge in [-0.25, -0.2) is 0 Å². The minimum atomic E-state index is -0.0902. The van der Waals surface area contributed by atoms with Gasteiger partial charge in [0.25, 0.3) is 0 Å². The van der Waals surface area contributed by atoms with E-state index in [-0.39, 0.29) is 24.3 Å². The average Bonchev–Trinajstić information content (AvgIpc) is 2.52. The monoisotopic (exact) mass is 427 g/mol. The Labute approximate surface area is 150 Å². The first-order valence-corrected chi connectivity index (χ1v) is 8.98. The molecule has 3 rings (SSSR count). The maximum Gasteiger partial charge on any atom is 0.158 e. The van der Waals surface area contributed by atoms with Crippen LogP contribution in [0.5, 0.6) is 11.5 Å². The molecule has 1 saturated heterocycles. The molecule has 5 heteroatoms. The molecule has 2 aliphatic rings. The number of aromatic hydroxyl groups is 2. The van der Waals surface area contributed by atoms with Crippen LogP contribution in [0.2, 0.25) is 0 Å². The van der Waals surface area contributed by atoms with Gasteiger partial charge in [-0.15, -0.1) is 0 Å². The lowest BCUT2D eigenvalue weighted by atomic mass is 9.72. The Bertz CT molecular complexity index is 643. The summed E-state index contributed by atoms with van der Waals surface area (Å²) < 4.78 is 0.933. The van der Waals surface area contributed by atoms with E-state index in [0.717, 1.165) is 34.9 Å². The van der Waals surface area contributed by atoms with Gasteiger partial charge in [-0.2, -0.15) is 0 Å². The van der Waals surface area contributed by atoms with Crippen molar-refractivity contribution in [2.75, 3.05) is 13.3 Å². The number of hydrogen-bond acceptors (Lipinski definition) is 4. The molecule has 124 valence electrons. The molecule has 0 saturated carbocycles. The second-order valence-corrected chi connectivity index (χ2v) is 7.67. The molecule has 0 spiro atoms. The Morgan fingerprint density at radius 2 is 2.00 bits per heavy atom. The van der Waals surface area contributed by atoms with E-state index >= 15 is 0 Å². The number of phenolic OH excluding ortho intramolecular Hbond substituents is 2. The van der Waals surface area contributed by atoms with E-state index in [4.69, 9.17) is 0 Å². The molecule has 3 N–H and O–H groups in total. The van der Waals surface area contributed by atoms with Crippen molar-refractivity contribution in [2.24, 2.45) is 11.8 Å². The fraction of sp³-hybridized carbons (Fsp3) is 0.444. The molecule has 1 aromatic carbocycles. The van der Waals surface area contributed by atoms with E-state index < -0.39 is 0 Å². The molecule has 1 aliphatic carbocycles. The molecule has 23 heavy (non-hydrogen) atoms. The molecular formula is C18H22INO3. The highest BCUT2D eigenvalue weighted by Gasteiger charge is 2.38. The molecule has 4 nitrogen and oxygen atoms in total. The molecular weight excluding hydrogens is 405 g/mol. The standard InChI is InChI=1S/C18H22INO3/c1-11-2-3-14-12(6-11)4-5-20(10-21)16(14)7-13-8-17(22)18(23)9-15(13)19/h2-3,8-9,12,14,16,21-23H,1,4-7,10H2/t12?,14?,16-/m0/s1. The minimum absolute atomic E-state index is 0.0450. The van der Waals surface area contributed by atoms with Crippen LogP contribution < -0.4 is 0 Å². The van der Waals surface area contributed by atoms with E-state index in [0.29, 0.717) is 11.8 Å². The predicted octanol–water partition coefficient (Wildman–Crippen LogP) is 3.02. The van der Waals surface area contributed by atoms with Gasteiger partial charge in [0.05, 0.1) is 6.73 Å². The zero-order valence-corrected chi connectivity index (χ0v) is 15.1. The van der Waals surface area contributed by atoms with Crippen LogP contribution in [0.15, 0.2) is 36.4 Å². The minimum Gasteiger partial charge on any atom is -0.504 e. The van der Waals surface area contributed by atoms with E-state index in [1.165, 1.54) is 5.57 Å². The lowest BCUT2D eigenvalue weighted by molar-refractivity contribution is 0.00189. The smallest absolute Gasteiger partial charge is 0.158 e. The van der Waals surface area contributed by atoms with Crippen molar-refractivity contribution >= 4 is 22.6 Å². The molecule has 0 amide bonds. The van der Waals surface area contributed by atoms with Crippen molar-refractivity contribution in [1.29, 1.82) is 0 Å². The summed E-state index contributed by atoms with van der Waals surface area (Å²) in [6.45, 7) is 5.00. The van der Waals surface area contributed by atoms with Gasteiger partial charge >= 0.3 is 0 Å². The number of hydrogen-bond donors (Lipinski definition) is 3. The molecule has 0 aromatic heterocycles. The number of allylic oxidation sites excluding steroid dienone is 2. The first-order chi connectivity index (χ1) is 11.0. The number of rotatable bonds is 3. The number of nitrogens with zero attached hydrogens (tertiary/aromatic N) is 1. The Balaban J connectivity index is 1.90. The second-order valence-electron chi connectivity index (χ2n) is 6.51. The normalized spacial score (nSPS) is 27.9. The van der Waals surface area contributed by atoms with Crippen molar-refractivity contribution in [3.8, 4) is 11.5 Å². The summed E-state index contributed by atoms with van der Waals surface area (Å²) in [7, 11) is 0. The van der Waals surface area contributed by atoms with Gasteiger partial charge < -0.3 is 15.3 Å². The van der Waals surface area contributed by atoms with Crippen LogP contribution in [0.1, 0.15) is 18.4 Å². The van der Waals surface area contributed by atoms with E-state index in [9.17, 15) is 15.3 Å². The number of fused-ring (bicyclic) bond motifs is 1. The zero-order chi connectivity index (χ0) is 16.6. The molecule has 3 atom stereocenters. The quantitative estimate of drug-likeness (QED) is 0.513. The van der Waals surface area contributed by atoms with Crippen molar-refractivity contribution in [3.63, 3.8) is 0 Å². The Kier molecular flexibility index (Phi) is 4.98. The van der Waals surface area contributed by atoms with Gasteiger partial charge in [-0.05, 0) is 71.4 Å². The van der Waals surface area contributed by atoms with Crippen LogP contribution in [0.3, 0.4) is 0 Å². The fourth-order valence-electron chi connectivity index (χ4n) is 3.84. The summed E-state index contributed by atoms with van der Waals surface area (Å²) in [6.07, 6.45) is 7.17. The molecule has 2 unspecified atom stereocenters. The van der Waals surface area contributed by atoms with Gasteiger partial charge in [0, 0.05) is 16.2 Å². The van der Waals surface area contributed by atoms with Gasteiger partial charge in [0.1, 0.15) is 0 Å². The van der Waals surface area contributed by atoms with Crippen LogP contribution in [-0.4, -0.2) is 39.5 Å². The Morgan fingerprint density at radius 1 is 1.26 bits per heavy atom. The highest BCUT2D eigenvalue weighted by Crippen LogP contribution is 2.40. The number of halogens is 1. The average molecular weight is 427 g/mol. The zero-order valence-electron chi connectivity index (χ0n) is 13.0. The van der Waals surface area contributed by atoms with E-state index in [2.05, 4.69) is 46.2 Å². The SMILES string of the molecule is C=C1C=CC2C(CCN(CO)[C@H]2Cc2cc(O)c(O)cc2I)C1. The number of benzene rings is 1. The van der Waals surface area contributed by atoms with Crippen molar-refractivity contribution in [1.82, 2.24) is 4.90 Å². The third-order valence-electron chi connectivity index (χ3n) is 5.08. The number of aliphatic hydroxyl groups is 1. The third-order valence-corrected chi connectivity index (χ3v) is 6.08. The molecule has 1 aliphatic heterocycles. The number of likely N-dealkylation sites (tertiary alicyclic amines) is 1. The van der Waals surface area contributed by atoms with Crippen LogP contribution in [0.25, 0.3) is 0 Å². The highest BCUT2D eigenvalue weighted by molar-refractivity contribution is 14.1. The van der Waals surface area contributed by atoms with Crippen LogP contribution in [0.4, 0.5) is 0 Å². The van der Waals surface area contributed by atoms with Gasteiger partial charge in [-0.1, -0.05) is 24.3 Å². The molecule has 1 heterocycles. The Morgan fingerprint density at radius 3 is 2.74 bits per heavy atom. The highest BCUT2D eigenvalue weighted by atomic mass is 127. The summed E-state index contributed by atoms with van der Waals surface area (Å²) in [4.78, 5) is 2.11. The maximum absolute atomic E-state index is 9.80. The number of piperidine rings is 1. The van der Waals surface area contributed by atoms with Crippen LogP contribution in [0, 0.1) is 15.4 Å².